The molecule has 3 N–H and O–H groups in total. The predicted octanol–water partition coefficient (Wildman–Crippen LogP) is 2.04. The second-order valence-electron chi connectivity index (χ2n) is 5.71. The Hall–Kier alpha value is -2.00. The van der Waals surface area contributed by atoms with Crippen LogP contribution in [0.2, 0.25) is 0 Å². The Kier molecular flexibility index (Phi) is 9.22. The van der Waals surface area contributed by atoms with Crippen LogP contribution in [-0.4, -0.2) is 56.6 Å². The van der Waals surface area contributed by atoms with E-state index in [1.54, 1.807) is 7.11 Å². The van der Waals surface area contributed by atoms with Gasteiger partial charge in [0.25, 0.3) is 0 Å². The largest absolute Gasteiger partial charge is 0.491 e. The fourth-order valence-electron chi connectivity index (χ4n) is 2.05. The van der Waals surface area contributed by atoms with Gasteiger partial charge in [0.2, 0.25) is 0 Å². The average Bonchev–Trinajstić information content (AvgIpc) is 2.58. The van der Waals surface area contributed by atoms with E-state index in [-0.39, 0.29) is 24.9 Å². The Morgan fingerprint density at radius 1 is 1.31 bits per heavy atom. The minimum atomic E-state index is -4.44. The van der Waals surface area contributed by atoms with Crippen molar-refractivity contribution in [2.45, 2.75) is 32.2 Å². The second kappa shape index (κ2) is 10.9. The predicted molar refractivity (Wildman–Crippen MR) is 93.4 cm³/mol. The number of ether oxygens (including phenoxy) is 2. The summed E-state index contributed by atoms with van der Waals surface area (Å²) in [6.07, 6.45) is -5.40. The molecule has 0 saturated carbocycles. The number of nitrogens with zero attached hydrogens (tertiary/aromatic N) is 1. The van der Waals surface area contributed by atoms with Crippen molar-refractivity contribution in [1.82, 2.24) is 10.6 Å². The van der Waals surface area contributed by atoms with Gasteiger partial charge in [0, 0.05) is 19.7 Å². The van der Waals surface area contributed by atoms with Crippen molar-refractivity contribution in [3.05, 3.63) is 29.8 Å². The maximum Gasteiger partial charge on any atom is 0.416 e. The molecule has 0 aromatic heterocycles. The lowest BCUT2D eigenvalue weighted by Gasteiger charge is -2.18. The van der Waals surface area contributed by atoms with Crippen LogP contribution < -0.4 is 15.4 Å². The fraction of sp³-hybridized carbons (Fsp3) is 0.588. The van der Waals surface area contributed by atoms with Crippen molar-refractivity contribution < 1.29 is 27.8 Å². The molecule has 0 radical (unpaired) electrons. The van der Waals surface area contributed by atoms with Crippen LogP contribution in [0, 0.1) is 0 Å². The number of methoxy groups -OCH3 is 1. The molecule has 0 aliphatic rings. The monoisotopic (exact) mass is 377 g/mol. The van der Waals surface area contributed by atoms with E-state index >= 15 is 0 Å². The summed E-state index contributed by atoms with van der Waals surface area (Å²) in [4.78, 5) is 4.23. The standard InChI is InChI=1S/C17H26F3N3O3/c1-4-21-16(23-12(2)10-25-3)22-9-14(24)11-26-15-7-5-6-13(8-15)17(18,19)20/h5-8,12,14,24H,4,9-11H2,1-3H3,(H2,21,22,23). The molecule has 0 aliphatic heterocycles. The first kappa shape index (κ1) is 22.0. The maximum atomic E-state index is 12.7. The minimum Gasteiger partial charge on any atom is -0.491 e. The van der Waals surface area contributed by atoms with Gasteiger partial charge >= 0.3 is 6.18 Å². The Morgan fingerprint density at radius 3 is 2.65 bits per heavy atom. The lowest BCUT2D eigenvalue weighted by molar-refractivity contribution is -0.137. The molecule has 0 fully saturated rings. The molecule has 0 heterocycles. The molecule has 26 heavy (non-hydrogen) atoms. The second-order valence-corrected chi connectivity index (χ2v) is 5.71. The number of nitrogens with one attached hydrogen (secondary N) is 2. The van der Waals surface area contributed by atoms with Gasteiger partial charge in [-0.05, 0) is 32.0 Å². The number of benzene rings is 1. The molecule has 0 amide bonds. The number of aliphatic imine (C=N–C) groups is 1. The van der Waals surface area contributed by atoms with E-state index in [1.165, 1.54) is 12.1 Å². The van der Waals surface area contributed by atoms with Gasteiger partial charge in [-0.25, -0.2) is 0 Å². The van der Waals surface area contributed by atoms with Crippen LogP contribution in [0.15, 0.2) is 29.3 Å². The Morgan fingerprint density at radius 2 is 2.04 bits per heavy atom. The highest BCUT2D eigenvalue weighted by molar-refractivity contribution is 5.80. The summed E-state index contributed by atoms with van der Waals surface area (Å²) >= 11 is 0. The van der Waals surface area contributed by atoms with Crippen LogP contribution >= 0.6 is 0 Å². The lowest BCUT2D eigenvalue weighted by atomic mass is 10.2. The normalized spacial score (nSPS) is 14.7. The van der Waals surface area contributed by atoms with Crippen LogP contribution in [0.5, 0.6) is 5.75 Å². The molecule has 9 heteroatoms. The first-order valence-electron chi connectivity index (χ1n) is 8.28. The molecule has 1 aromatic rings. The van der Waals surface area contributed by atoms with Crippen LogP contribution in [0.4, 0.5) is 13.2 Å². The van der Waals surface area contributed by atoms with Crippen molar-refractivity contribution in [1.29, 1.82) is 0 Å². The van der Waals surface area contributed by atoms with Gasteiger partial charge in [-0.2, -0.15) is 13.2 Å². The third-order valence-electron chi connectivity index (χ3n) is 3.21. The van der Waals surface area contributed by atoms with Gasteiger partial charge in [0.15, 0.2) is 5.96 Å². The quantitative estimate of drug-likeness (QED) is 0.454. The summed E-state index contributed by atoms with van der Waals surface area (Å²) in [5.41, 5.74) is -0.798. The Bertz CT molecular complexity index is 568. The number of hydrogen-bond donors (Lipinski definition) is 3. The molecule has 0 saturated heterocycles. The number of aliphatic hydroxyl groups excluding tert-OH is 1. The van der Waals surface area contributed by atoms with Crippen molar-refractivity contribution in [3.8, 4) is 5.75 Å². The number of aliphatic hydroxyl groups is 1. The molecule has 2 atom stereocenters. The molecule has 1 rings (SSSR count). The molecule has 0 bridgehead atoms. The van der Waals surface area contributed by atoms with E-state index in [1.807, 2.05) is 13.8 Å². The van der Waals surface area contributed by atoms with Crippen molar-refractivity contribution in [3.63, 3.8) is 0 Å². The Labute approximate surface area is 151 Å². The average molecular weight is 377 g/mol. The molecule has 1 aromatic carbocycles. The van der Waals surface area contributed by atoms with E-state index in [0.717, 1.165) is 12.1 Å². The van der Waals surface area contributed by atoms with Crippen molar-refractivity contribution in [2.75, 3.05) is 33.4 Å². The van der Waals surface area contributed by atoms with Gasteiger partial charge in [0.1, 0.15) is 18.5 Å². The smallest absolute Gasteiger partial charge is 0.416 e. The maximum absolute atomic E-state index is 12.7. The summed E-state index contributed by atoms with van der Waals surface area (Å²) in [6, 6.07) is 4.55. The van der Waals surface area contributed by atoms with Gasteiger partial charge in [0.05, 0.1) is 18.7 Å². The summed E-state index contributed by atoms with van der Waals surface area (Å²) in [5.74, 6) is 0.553. The van der Waals surface area contributed by atoms with Crippen molar-refractivity contribution >= 4 is 5.96 Å². The molecule has 2 unspecified atom stereocenters. The van der Waals surface area contributed by atoms with E-state index in [0.29, 0.717) is 19.1 Å². The van der Waals surface area contributed by atoms with Crippen molar-refractivity contribution in [2.24, 2.45) is 4.99 Å². The molecular formula is C17H26F3N3O3. The zero-order chi connectivity index (χ0) is 19.6. The van der Waals surface area contributed by atoms with Crippen LogP contribution in [-0.2, 0) is 10.9 Å². The molecule has 0 aliphatic carbocycles. The van der Waals surface area contributed by atoms with E-state index < -0.39 is 17.8 Å². The topological polar surface area (TPSA) is 75.1 Å². The number of guanidine groups is 1. The third kappa shape index (κ3) is 8.39. The summed E-state index contributed by atoms with van der Waals surface area (Å²) in [7, 11) is 1.59. The fourth-order valence-corrected chi connectivity index (χ4v) is 2.05. The van der Waals surface area contributed by atoms with Crippen LogP contribution in [0.3, 0.4) is 0 Å². The highest BCUT2D eigenvalue weighted by atomic mass is 19.4. The lowest BCUT2D eigenvalue weighted by Crippen LogP contribution is -2.44. The molecular weight excluding hydrogens is 351 g/mol. The minimum absolute atomic E-state index is 0.0244. The van der Waals surface area contributed by atoms with Gasteiger partial charge in [-0.15, -0.1) is 0 Å². The molecule has 6 nitrogen and oxygen atoms in total. The van der Waals surface area contributed by atoms with Gasteiger partial charge < -0.3 is 25.2 Å². The zero-order valence-electron chi connectivity index (χ0n) is 15.1. The summed E-state index contributed by atoms with van der Waals surface area (Å²) in [6.45, 7) is 4.83. The highest BCUT2D eigenvalue weighted by Crippen LogP contribution is 2.31. The zero-order valence-corrected chi connectivity index (χ0v) is 15.1. The van der Waals surface area contributed by atoms with Crippen LogP contribution in [0.25, 0.3) is 0 Å². The van der Waals surface area contributed by atoms with E-state index in [2.05, 4.69) is 15.6 Å². The van der Waals surface area contributed by atoms with E-state index in [4.69, 9.17) is 9.47 Å². The molecule has 0 spiro atoms. The highest BCUT2D eigenvalue weighted by Gasteiger charge is 2.30. The molecule has 148 valence electrons. The van der Waals surface area contributed by atoms with Crippen LogP contribution in [0.1, 0.15) is 19.4 Å². The van der Waals surface area contributed by atoms with E-state index in [9.17, 15) is 18.3 Å². The third-order valence-corrected chi connectivity index (χ3v) is 3.21. The number of alkyl halides is 3. The SMILES string of the molecule is CCNC(=NCC(O)COc1cccc(C(F)(F)F)c1)NC(C)COC. The summed E-state index contributed by atoms with van der Waals surface area (Å²) < 4.78 is 48.3. The Balaban J connectivity index is 2.55. The van der Waals surface area contributed by atoms with Gasteiger partial charge in [-0.3, -0.25) is 4.99 Å². The first-order valence-corrected chi connectivity index (χ1v) is 8.28. The van der Waals surface area contributed by atoms with Gasteiger partial charge in [-0.1, -0.05) is 6.07 Å². The first-order chi connectivity index (χ1) is 12.3. The number of hydrogen-bond acceptors (Lipinski definition) is 4. The summed E-state index contributed by atoms with van der Waals surface area (Å²) in [5, 5.41) is 16.1. The number of halogens is 3. The number of rotatable bonds is 9.